The van der Waals surface area contributed by atoms with Gasteiger partial charge in [-0.25, -0.2) is 18.4 Å². The van der Waals surface area contributed by atoms with Crippen molar-refractivity contribution >= 4 is 27.9 Å². The molecule has 0 saturated carbocycles. The van der Waals surface area contributed by atoms with Crippen molar-refractivity contribution in [3.05, 3.63) is 18.0 Å². The lowest BCUT2D eigenvalue weighted by molar-refractivity contribution is -0.172. The number of rotatable bonds is 8. The third kappa shape index (κ3) is 6.14. The Bertz CT molecular complexity index is 789. The van der Waals surface area contributed by atoms with Crippen LogP contribution in [0.2, 0.25) is 0 Å². The first-order valence-corrected chi connectivity index (χ1v) is 9.87. The van der Waals surface area contributed by atoms with E-state index in [1.54, 1.807) is 20.8 Å². The van der Waals surface area contributed by atoms with E-state index in [1.165, 1.54) is 19.4 Å². The van der Waals surface area contributed by atoms with Crippen molar-refractivity contribution in [1.29, 1.82) is 0 Å². The van der Waals surface area contributed by atoms with Gasteiger partial charge < -0.3 is 14.2 Å². The Morgan fingerprint density at radius 1 is 1.19 bits per heavy atom. The average molecular weight is 403 g/mol. The van der Waals surface area contributed by atoms with Gasteiger partial charge in [0, 0.05) is 26.3 Å². The molecule has 1 unspecified atom stereocenters. The summed E-state index contributed by atoms with van der Waals surface area (Å²) >= 11 is 0. The number of carbonyl (C=O) groups excluding carboxylic acids is 2. The summed E-state index contributed by atoms with van der Waals surface area (Å²) in [7, 11) is -1.12. The van der Waals surface area contributed by atoms with Crippen LogP contribution in [-0.4, -0.2) is 63.0 Å². The van der Waals surface area contributed by atoms with E-state index >= 15 is 0 Å². The summed E-state index contributed by atoms with van der Waals surface area (Å²) in [4.78, 5) is 33.5. The fourth-order valence-corrected chi connectivity index (χ4v) is 2.66. The topological polar surface area (TPSA) is 134 Å². The molecule has 0 spiro atoms. The summed E-state index contributed by atoms with van der Waals surface area (Å²) in [5, 5.41) is 0. The van der Waals surface area contributed by atoms with Crippen LogP contribution in [0.15, 0.2) is 12.3 Å². The van der Waals surface area contributed by atoms with Crippen LogP contribution in [0.1, 0.15) is 32.9 Å². The van der Waals surface area contributed by atoms with Gasteiger partial charge in [0.1, 0.15) is 5.60 Å². The second-order valence-electron chi connectivity index (χ2n) is 6.78. The number of ether oxygens (including phenoxy) is 3. The van der Waals surface area contributed by atoms with Gasteiger partial charge in [-0.05, 0) is 26.8 Å². The molecule has 0 saturated heterocycles. The van der Waals surface area contributed by atoms with Crippen LogP contribution in [-0.2, 0) is 39.2 Å². The molecule has 10 nitrogen and oxygen atoms in total. The molecule has 0 aromatic carbocycles. The average Bonchev–Trinajstić information content (AvgIpc) is 2.52. The number of nitrogens with one attached hydrogen (secondary N) is 1. The van der Waals surface area contributed by atoms with E-state index < -0.39 is 33.0 Å². The number of methoxy groups -OCH3 is 2. The number of hydrogen-bond acceptors (Lipinski definition) is 9. The molecule has 1 heterocycles. The highest BCUT2D eigenvalue weighted by Crippen LogP contribution is 2.32. The Labute approximate surface area is 158 Å². The first kappa shape index (κ1) is 22.8. The summed E-state index contributed by atoms with van der Waals surface area (Å²) in [6.45, 7) is 4.98. The first-order valence-electron chi connectivity index (χ1n) is 7.98. The number of anilines is 1. The third-order valence-corrected chi connectivity index (χ3v) is 3.89. The van der Waals surface area contributed by atoms with Crippen molar-refractivity contribution in [1.82, 2.24) is 9.97 Å². The Balaban J connectivity index is 3.58. The zero-order valence-electron chi connectivity index (χ0n) is 16.2. The normalized spacial score (nSPS) is 14.1. The number of esters is 2. The molecule has 1 atom stereocenters. The monoisotopic (exact) mass is 403 g/mol. The molecule has 1 rings (SSSR count). The van der Waals surface area contributed by atoms with Crippen molar-refractivity contribution in [2.45, 2.75) is 38.2 Å². The van der Waals surface area contributed by atoms with E-state index in [0.29, 0.717) is 0 Å². The Hall–Kier alpha value is -2.27. The standard InChI is InChI=1S/C16H25N3O7S/c1-15(2,3)26-13(21)16(8-10-24-4,12(20)25-5)11-7-9-17-14(18-11)19-27(6,22)23/h7,9H,8,10H2,1-6H3,(H,17,18,19). The van der Waals surface area contributed by atoms with Gasteiger partial charge in [-0.1, -0.05) is 0 Å². The first-order chi connectivity index (χ1) is 12.4. The van der Waals surface area contributed by atoms with E-state index in [-0.39, 0.29) is 24.7 Å². The van der Waals surface area contributed by atoms with Gasteiger partial charge in [0.15, 0.2) is 0 Å². The quantitative estimate of drug-likeness (QED) is 0.490. The Kier molecular flexibility index (Phi) is 7.26. The molecule has 11 heteroatoms. The van der Waals surface area contributed by atoms with Crippen LogP contribution in [0, 0.1) is 0 Å². The van der Waals surface area contributed by atoms with Crippen LogP contribution < -0.4 is 4.72 Å². The van der Waals surface area contributed by atoms with E-state index in [9.17, 15) is 18.0 Å². The minimum Gasteiger partial charge on any atom is -0.468 e. The molecule has 27 heavy (non-hydrogen) atoms. The molecule has 1 aromatic heterocycles. The number of hydrogen-bond donors (Lipinski definition) is 1. The Morgan fingerprint density at radius 3 is 2.30 bits per heavy atom. The van der Waals surface area contributed by atoms with Crippen molar-refractivity contribution in [2.75, 3.05) is 31.8 Å². The maximum absolute atomic E-state index is 13.0. The van der Waals surface area contributed by atoms with E-state index in [1.807, 2.05) is 0 Å². The predicted octanol–water partition coefficient (Wildman–Crippen LogP) is 0.637. The maximum Gasteiger partial charge on any atom is 0.330 e. The van der Waals surface area contributed by atoms with Crippen LogP contribution in [0.4, 0.5) is 5.95 Å². The summed E-state index contributed by atoms with van der Waals surface area (Å²) in [5.41, 5.74) is -2.90. The molecule has 0 amide bonds. The lowest BCUT2D eigenvalue weighted by Gasteiger charge is -2.31. The number of carbonyl (C=O) groups is 2. The van der Waals surface area contributed by atoms with Crippen molar-refractivity contribution < 1.29 is 32.2 Å². The van der Waals surface area contributed by atoms with Crippen molar-refractivity contribution in [3.8, 4) is 0 Å². The number of sulfonamides is 1. The second kappa shape index (κ2) is 8.61. The van der Waals surface area contributed by atoms with E-state index in [2.05, 4.69) is 14.7 Å². The maximum atomic E-state index is 13.0. The summed E-state index contributed by atoms with van der Waals surface area (Å²) in [6.07, 6.45) is 2.03. The number of nitrogens with zero attached hydrogens (tertiary/aromatic N) is 2. The lowest BCUT2D eigenvalue weighted by Crippen LogP contribution is -2.49. The zero-order valence-corrected chi connectivity index (χ0v) is 17.0. The largest absolute Gasteiger partial charge is 0.468 e. The van der Waals surface area contributed by atoms with E-state index in [4.69, 9.17) is 14.2 Å². The molecule has 0 radical (unpaired) electrons. The SMILES string of the molecule is COCCC(C(=O)OC)(C(=O)OC(C)(C)C)c1ccnc(NS(C)(=O)=O)n1. The fourth-order valence-electron chi connectivity index (χ4n) is 2.23. The minimum atomic E-state index is -3.66. The van der Waals surface area contributed by atoms with Gasteiger partial charge >= 0.3 is 11.9 Å². The van der Waals surface area contributed by atoms with Crippen molar-refractivity contribution in [2.24, 2.45) is 0 Å². The fraction of sp³-hybridized carbons (Fsp3) is 0.625. The molecule has 0 bridgehead atoms. The minimum absolute atomic E-state index is 0.0210. The molecular formula is C16H25N3O7S. The number of aromatic nitrogens is 2. The summed E-state index contributed by atoms with van der Waals surface area (Å²) in [5.74, 6) is -2.08. The van der Waals surface area contributed by atoms with Crippen LogP contribution in [0.25, 0.3) is 0 Å². The molecular weight excluding hydrogens is 378 g/mol. The van der Waals surface area contributed by atoms with Gasteiger partial charge in [0.25, 0.3) is 0 Å². The van der Waals surface area contributed by atoms with Gasteiger partial charge in [-0.2, -0.15) is 0 Å². The van der Waals surface area contributed by atoms with Crippen LogP contribution in [0.5, 0.6) is 0 Å². The van der Waals surface area contributed by atoms with E-state index in [0.717, 1.165) is 13.4 Å². The zero-order chi connectivity index (χ0) is 20.9. The van der Waals surface area contributed by atoms with Gasteiger partial charge in [0.2, 0.25) is 21.4 Å². The molecule has 0 aliphatic carbocycles. The highest BCUT2D eigenvalue weighted by molar-refractivity contribution is 7.91. The lowest BCUT2D eigenvalue weighted by atomic mass is 9.80. The summed E-state index contributed by atoms with van der Waals surface area (Å²) < 4.78 is 40.3. The Morgan fingerprint density at radius 2 is 1.81 bits per heavy atom. The van der Waals surface area contributed by atoms with Crippen LogP contribution >= 0.6 is 0 Å². The molecule has 0 aliphatic heterocycles. The van der Waals surface area contributed by atoms with Gasteiger partial charge in [0.05, 0.1) is 19.1 Å². The third-order valence-electron chi connectivity index (χ3n) is 3.33. The van der Waals surface area contributed by atoms with Crippen molar-refractivity contribution in [3.63, 3.8) is 0 Å². The smallest absolute Gasteiger partial charge is 0.330 e. The molecule has 0 fully saturated rings. The molecule has 1 N–H and O–H groups in total. The second-order valence-corrected chi connectivity index (χ2v) is 8.53. The van der Waals surface area contributed by atoms with Gasteiger partial charge in [-0.15, -0.1) is 0 Å². The highest BCUT2D eigenvalue weighted by Gasteiger charge is 2.52. The van der Waals surface area contributed by atoms with Crippen LogP contribution in [0.3, 0.4) is 0 Å². The molecule has 152 valence electrons. The highest BCUT2D eigenvalue weighted by atomic mass is 32.2. The van der Waals surface area contributed by atoms with Gasteiger partial charge in [-0.3, -0.25) is 14.3 Å². The molecule has 1 aromatic rings. The predicted molar refractivity (Wildman–Crippen MR) is 96.5 cm³/mol. The summed E-state index contributed by atoms with van der Waals surface area (Å²) in [6, 6.07) is 1.32. The molecule has 0 aliphatic rings.